The van der Waals surface area contributed by atoms with Gasteiger partial charge in [-0.3, -0.25) is 4.79 Å². The highest BCUT2D eigenvalue weighted by Crippen LogP contribution is 2.44. The van der Waals surface area contributed by atoms with Crippen LogP contribution in [0.3, 0.4) is 0 Å². The van der Waals surface area contributed by atoms with E-state index in [2.05, 4.69) is 0 Å². The number of nitrogens with zero attached hydrogens (tertiary/aromatic N) is 1. The van der Waals surface area contributed by atoms with Crippen LogP contribution in [0.4, 0.5) is 0 Å². The third kappa shape index (κ3) is 4.21. The number of hydrogen-bond donors (Lipinski definition) is 0. The largest absolute Gasteiger partial charge is 0.464 e. The highest BCUT2D eigenvalue weighted by Gasteiger charge is 2.43. The van der Waals surface area contributed by atoms with E-state index in [0.29, 0.717) is 23.8 Å². The van der Waals surface area contributed by atoms with Gasteiger partial charge in [0.2, 0.25) is 5.91 Å². The second-order valence-electron chi connectivity index (χ2n) is 5.90. The van der Waals surface area contributed by atoms with Crippen LogP contribution in [0.1, 0.15) is 38.1 Å². The van der Waals surface area contributed by atoms with Gasteiger partial charge in [0.05, 0.1) is 6.61 Å². The number of carbonyl (C=O) groups excluding carboxylic acids is 2. The molecule has 1 aromatic rings. The van der Waals surface area contributed by atoms with Crippen molar-refractivity contribution in [3.8, 4) is 0 Å². The van der Waals surface area contributed by atoms with E-state index < -0.39 is 6.04 Å². The van der Waals surface area contributed by atoms with E-state index in [1.54, 1.807) is 29.7 Å². The Hall–Kier alpha value is -1.20. The lowest BCUT2D eigenvalue weighted by molar-refractivity contribution is -0.155. The smallest absolute Gasteiger partial charge is 0.329 e. The standard InChI is InChI=1S/C17H22ClNO3S/c1-4-15(20)19-14(17(21)22-9-11(2)3)10-23-16(19)12-7-5-6-8-13(12)18/h5-8,11,14,16H,4,9-10H2,1-3H3/t14-,16+/m1/s1. The average Bonchev–Trinajstić information content (AvgIpc) is 2.97. The Labute approximate surface area is 146 Å². The first-order valence-electron chi connectivity index (χ1n) is 7.79. The second kappa shape index (κ2) is 8.06. The Balaban J connectivity index is 2.24. The summed E-state index contributed by atoms with van der Waals surface area (Å²) in [7, 11) is 0. The lowest BCUT2D eigenvalue weighted by Crippen LogP contribution is -2.43. The van der Waals surface area contributed by atoms with Gasteiger partial charge >= 0.3 is 5.97 Å². The van der Waals surface area contributed by atoms with Crippen LogP contribution in [0.5, 0.6) is 0 Å². The molecule has 2 atom stereocenters. The molecule has 1 heterocycles. The Kier molecular flexibility index (Phi) is 6.36. The number of thioether (sulfide) groups is 1. The first kappa shape index (κ1) is 18.1. The quantitative estimate of drug-likeness (QED) is 0.752. The Morgan fingerprint density at radius 2 is 2.09 bits per heavy atom. The van der Waals surface area contributed by atoms with Gasteiger partial charge in [0.25, 0.3) is 0 Å². The molecule has 1 amide bonds. The van der Waals surface area contributed by atoms with Crippen molar-refractivity contribution >= 4 is 35.2 Å². The molecule has 2 rings (SSSR count). The number of esters is 1. The molecule has 1 aliphatic rings. The predicted octanol–water partition coefficient (Wildman–Crippen LogP) is 3.89. The van der Waals surface area contributed by atoms with Crippen molar-refractivity contribution in [2.75, 3.05) is 12.4 Å². The van der Waals surface area contributed by atoms with E-state index in [1.807, 2.05) is 32.0 Å². The molecule has 0 unspecified atom stereocenters. The van der Waals surface area contributed by atoms with Gasteiger partial charge in [-0.2, -0.15) is 0 Å². The van der Waals surface area contributed by atoms with Crippen molar-refractivity contribution in [1.82, 2.24) is 4.90 Å². The van der Waals surface area contributed by atoms with Crippen molar-refractivity contribution in [2.45, 2.75) is 38.6 Å². The fourth-order valence-corrected chi connectivity index (χ4v) is 4.21. The SMILES string of the molecule is CCC(=O)N1[C@@H](C(=O)OCC(C)C)CS[C@H]1c1ccccc1Cl. The zero-order valence-electron chi connectivity index (χ0n) is 13.6. The molecule has 23 heavy (non-hydrogen) atoms. The van der Waals surface area contributed by atoms with Crippen LogP contribution in [0.15, 0.2) is 24.3 Å². The van der Waals surface area contributed by atoms with Gasteiger partial charge in [-0.1, -0.05) is 50.6 Å². The lowest BCUT2D eigenvalue weighted by atomic mass is 10.1. The van der Waals surface area contributed by atoms with Gasteiger partial charge in [-0.15, -0.1) is 11.8 Å². The zero-order valence-corrected chi connectivity index (χ0v) is 15.2. The van der Waals surface area contributed by atoms with E-state index in [4.69, 9.17) is 16.3 Å². The van der Waals surface area contributed by atoms with Crippen LogP contribution in [-0.4, -0.2) is 35.2 Å². The van der Waals surface area contributed by atoms with E-state index in [9.17, 15) is 9.59 Å². The average molecular weight is 356 g/mol. The van der Waals surface area contributed by atoms with Gasteiger partial charge < -0.3 is 9.64 Å². The maximum atomic E-state index is 12.4. The molecule has 4 nitrogen and oxygen atoms in total. The number of rotatable bonds is 5. The molecule has 1 saturated heterocycles. The molecule has 0 aliphatic carbocycles. The van der Waals surface area contributed by atoms with Crippen molar-refractivity contribution in [1.29, 1.82) is 0 Å². The number of benzene rings is 1. The Morgan fingerprint density at radius 3 is 2.70 bits per heavy atom. The summed E-state index contributed by atoms with van der Waals surface area (Å²) in [6.07, 6.45) is 0.343. The van der Waals surface area contributed by atoms with Crippen molar-refractivity contribution in [2.24, 2.45) is 5.92 Å². The normalized spacial score (nSPS) is 20.8. The van der Waals surface area contributed by atoms with E-state index in [1.165, 1.54) is 0 Å². The van der Waals surface area contributed by atoms with Crippen LogP contribution in [0.2, 0.25) is 5.02 Å². The van der Waals surface area contributed by atoms with E-state index >= 15 is 0 Å². The minimum absolute atomic E-state index is 0.0635. The maximum absolute atomic E-state index is 12.4. The molecule has 1 fully saturated rings. The first-order chi connectivity index (χ1) is 11.0. The first-order valence-corrected chi connectivity index (χ1v) is 9.22. The van der Waals surface area contributed by atoms with E-state index in [0.717, 1.165) is 5.56 Å². The van der Waals surface area contributed by atoms with Crippen LogP contribution in [-0.2, 0) is 14.3 Å². The van der Waals surface area contributed by atoms with Gasteiger partial charge in [0, 0.05) is 22.8 Å². The fourth-order valence-electron chi connectivity index (χ4n) is 2.44. The molecule has 0 saturated carbocycles. The molecular weight excluding hydrogens is 334 g/mol. The van der Waals surface area contributed by atoms with Gasteiger partial charge in [0.15, 0.2) is 0 Å². The summed E-state index contributed by atoms with van der Waals surface area (Å²) >= 11 is 7.83. The third-order valence-electron chi connectivity index (χ3n) is 3.59. The maximum Gasteiger partial charge on any atom is 0.329 e. The van der Waals surface area contributed by atoms with Crippen LogP contribution in [0.25, 0.3) is 0 Å². The van der Waals surface area contributed by atoms with Crippen LogP contribution < -0.4 is 0 Å². The highest BCUT2D eigenvalue weighted by atomic mass is 35.5. The Morgan fingerprint density at radius 1 is 1.39 bits per heavy atom. The molecule has 0 spiro atoms. The van der Waals surface area contributed by atoms with Gasteiger partial charge in [0.1, 0.15) is 11.4 Å². The number of amides is 1. The summed E-state index contributed by atoms with van der Waals surface area (Å²) in [5, 5.41) is 0.364. The number of halogens is 1. The summed E-state index contributed by atoms with van der Waals surface area (Å²) in [6.45, 7) is 6.13. The zero-order chi connectivity index (χ0) is 17.0. The molecular formula is C17H22ClNO3S. The monoisotopic (exact) mass is 355 g/mol. The second-order valence-corrected chi connectivity index (χ2v) is 7.42. The van der Waals surface area contributed by atoms with Gasteiger partial charge in [-0.25, -0.2) is 4.79 Å². The molecule has 0 bridgehead atoms. The molecule has 0 radical (unpaired) electrons. The molecule has 6 heteroatoms. The Bertz CT molecular complexity index is 579. The van der Waals surface area contributed by atoms with Crippen LogP contribution in [0, 0.1) is 5.92 Å². The van der Waals surface area contributed by atoms with Crippen molar-refractivity contribution < 1.29 is 14.3 Å². The molecule has 1 aliphatic heterocycles. The predicted molar refractivity (Wildman–Crippen MR) is 93.4 cm³/mol. The van der Waals surface area contributed by atoms with Crippen molar-refractivity contribution in [3.63, 3.8) is 0 Å². The fraction of sp³-hybridized carbons (Fsp3) is 0.529. The van der Waals surface area contributed by atoms with E-state index in [-0.39, 0.29) is 23.2 Å². The molecule has 0 aromatic heterocycles. The summed E-state index contributed by atoms with van der Waals surface area (Å²) in [6, 6.07) is 6.90. The summed E-state index contributed by atoms with van der Waals surface area (Å²) in [5.41, 5.74) is 0.861. The lowest BCUT2D eigenvalue weighted by Gasteiger charge is -2.29. The minimum atomic E-state index is -0.549. The minimum Gasteiger partial charge on any atom is -0.464 e. The number of hydrogen-bond acceptors (Lipinski definition) is 4. The van der Waals surface area contributed by atoms with Crippen LogP contribution >= 0.6 is 23.4 Å². The molecule has 0 N–H and O–H groups in total. The summed E-state index contributed by atoms with van der Waals surface area (Å²) < 4.78 is 5.35. The highest BCUT2D eigenvalue weighted by molar-refractivity contribution is 7.99. The number of ether oxygens (including phenoxy) is 1. The number of carbonyl (C=O) groups is 2. The third-order valence-corrected chi connectivity index (χ3v) is 5.24. The van der Waals surface area contributed by atoms with Crippen molar-refractivity contribution in [3.05, 3.63) is 34.9 Å². The molecule has 126 valence electrons. The molecule has 1 aromatic carbocycles. The van der Waals surface area contributed by atoms with Gasteiger partial charge in [-0.05, 0) is 12.0 Å². The summed E-state index contributed by atoms with van der Waals surface area (Å²) in [5.74, 6) is 0.398. The summed E-state index contributed by atoms with van der Waals surface area (Å²) in [4.78, 5) is 26.4. The topological polar surface area (TPSA) is 46.6 Å².